The molecule has 1 saturated heterocycles. The third-order valence-corrected chi connectivity index (χ3v) is 5.46. The van der Waals surface area contributed by atoms with E-state index in [0.29, 0.717) is 5.69 Å². The van der Waals surface area contributed by atoms with Crippen LogP contribution in [0.4, 0.5) is 5.69 Å². The van der Waals surface area contributed by atoms with Crippen molar-refractivity contribution in [1.29, 1.82) is 0 Å². The zero-order valence-corrected chi connectivity index (χ0v) is 19.0. The number of halogens is 2. The third kappa shape index (κ3) is 4.69. The average Bonchev–Trinajstić information content (AvgIpc) is 2.74. The maximum Gasteiger partial charge on any atom is 0.344 e. The first-order chi connectivity index (χ1) is 15.1. The third-order valence-electron chi connectivity index (χ3n) is 4.43. The lowest BCUT2D eigenvalue weighted by Crippen LogP contribution is -2.54. The Labute approximate surface area is 198 Å². The SMILES string of the molecule is COc1cccc(/C=C2\C(=O)NC(=S)N(c3ccc(Cl)c(Cl)c3)C2=O)c1O[C@H](C)C(=O)O. The fraction of sp³-hybridized carbons (Fsp3) is 0.143. The molecule has 0 unspecified atom stereocenters. The quantitative estimate of drug-likeness (QED) is 0.358. The van der Waals surface area contributed by atoms with E-state index in [1.807, 2.05) is 0 Å². The standard InChI is InChI=1S/C21H16Cl2N2O6S/c1-10(20(28)29)31-17-11(4-3-5-16(17)30-2)8-13-18(26)24-21(32)25(19(13)27)12-6-7-14(22)15(23)9-12/h3-10H,1-2H3,(H,28,29)(H,24,26,32)/b13-8+/t10-/m1/s1. The molecule has 0 radical (unpaired) electrons. The summed E-state index contributed by atoms with van der Waals surface area (Å²) in [7, 11) is 1.38. The number of methoxy groups -OCH3 is 1. The van der Waals surface area contributed by atoms with Gasteiger partial charge in [0.2, 0.25) is 0 Å². The number of carboxylic acids is 1. The van der Waals surface area contributed by atoms with E-state index in [1.165, 1.54) is 38.3 Å². The molecule has 2 aromatic carbocycles. The molecule has 0 bridgehead atoms. The minimum Gasteiger partial charge on any atom is -0.493 e. The highest BCUT2D eigenvalue weighted by Crippen LogP contribution is 2.35. The highest BCUT2D eigenvalue weighted by molar-refractivity contribution is 7.80. The lowest BCUT2D eigenvalue weighted by Gasteiger charge is -2.29. The number of anilines is 1. The van der Waals surface area contributed by atoms with Crippen LogP contribution in [0.25, 0.3) is 6.08 Å². The van der Waals surface area contributed by atoms with Gasteiger partial charge in [-0.05, 0) is 49.5 Å². The second-order valence-electron chi connectivity index (χ2n) is 6.53. The van der Waals surface area contributed by atoms with Gasteiger partial charge in [0.15, 0.2) is 22.7 Å². The normalized spacial score (nSPS) is 16.1. The number of hydrogen-bond acceptors (Lipinski definition) is 6. The zero-order valence-electron chi connectivity index (χ0n) is 16.7. The van der Waals surface area contributed by atoms with Crippen molar-refractivity contribution >= 4 is 70.1 Å². The van der Waals surface area contributed by atoms with E-state index in [4.69, 9.17) is 44.9 Å². The molecule has 0 aromatic heterocycles. The Morgan fingerprint density at radius 3 is 2.56 bits per heavy atom. The van der Waals surface area contributed by atoms with Crippen LogP contribution in [0.2, 0.25) is 10.0 Å². The fourth-order valence-electron chi connectivity index (χ4n) is 2.83. The monoisotopic (exact) mass is 494 g/mol. The maximum atomic E-state index is 13.2. The number of benzene rings is 2. The molecule has 2 aromatic rings. The number of hydrogen-bond donors (Lipinski definition) is 2. The van der Waals surface area contributed by atoms with E-state index in [2.05, 4.69) is 5.32 Å². The Hall–Kier alpha value is -3.14. The molecule has 1 fully saturated rings. The van der Waals surface area contributed by atoms with Crippen molar-refractivity contribution in [3.05, 3.63) is 57.6 Å². The van der Waals surface area contributed by atoms with Crippen LogP contribution < -0.4 is 19.7 Å². The van der Waals surface area contributed by atoms with Crippen molar-refractivity contribution < 1.29 is 29.0 Å². The Balaban J connectivity index is 2.08. The topological polar surface area (TPSA) is 105 Å². The predicted octanol–water partition coefficient (Wildman–Crippen LogP) is 3.69. The van der Waals surface area contributed by atoms with Crippen molar-refractivity contribution in [2.75, 3.05) is 12.0 Å². The average molecular weight is 495 g/mol. The summed E-state index contributed by atoms with van der Waals surface area (Å²) < 4.78 is 10.8. The molecule has 1 aliphatic rings. The predicted molar refractivity (Wildman–Crippen MR) is 123 cm³/mol. The summed E-state index contributed by atoms with van der Waals surface area (Å²) >= 11 is 17.2. The van der Waals surface area contributed by atoms with Crippen molar-refractivity contribution in [1.82, 2.24) is 5.32 Å². The number of nitrogens with zero attached hydrogens (tertiary/aromatic N) is 1. The van der Waals surface area contributed by atoms with Crippen molar-refractivity contribution in [2.24, 2.45) is 0 Å². The number of thiocarbonyl (C=S) groups is 1. The number of amides is 2. The van der Waals surface area contributed by atoms with Crippen LogP contribution in [0.1, 0.15) is 12.5 Å². The number of aliphatic carboxylic acids is 1. The van der Waals surface area contributed by atoms with E-state index in [9.17, 15) is 19.5 Å². The first-order valence-electron chi connectivity index (χ1n) is 9.07. The molecule has 8 nitrogen and oxygen atoms in total. The van der Waals surface area contributed by atoms with Gasteiger partial charge in [-0.1, -0.05) is 35.3 Å². The molecule has 32 heavy (non-hydrogen) atoms. The van der Waals surface area contributed by atoms with Crippen molar-refractivity contribution in [3.63, 3.8) is 0 Å². The lowest BCUT2D eigenvalue weighted by atomic mass is 10.1. The van der Waals surface area contributed by atoms with Gasteiger partial charge in [0.25, 0.3) is 11.8 Å². The van der Waals surface area contributed by atoms with E-state index >= 15 is 0 Å². The molecule has 1 heterocycles. The molecule has 1 atom stereocenters. The highest BCUT2D eigenvalue weighted by Gasteiger charge is 2.35. The summed E-state index contributed by atoms with van der Waals surface area (Å²) in [5.74, 6) is -2.34. The van der Waals surface area contributed by atoms with Gasteiger partial charge in [-0.25, -0.2) is 4.79 Å². The summed E-state index contributed by atoms with van der Waals surface area (Å²) in [6.07, 6.45) is 0.0655. The van der Waals surface area contributed by atoms with Gasteiger partial charge in [0.05, 0.1) is 22.8 Å². The molecule has 166 valence electrons. The second-order valence-corrected chi connectivity index (χ2v) is 7.73. The van der Waals surface area contributed by atoms with Crippen molar-refractivity contribution in [3.8, 4) is 11.5 Å². The van der Waals surface area contributed by atoms with Gasteiger partial charge >= 0.3 is 5.97 Å². The highest BCUT2D eigenvalue weighted by atomic mass is 35.5. The molecule has 2 amide bonds. The number of carboxylic acid groups (broad SMARTS) is 1. The Kier molecular flexibility index (Phi) is 7.02. The summed E-state index contributed by atoms with van der Waals surface area (Å²) in [5, 5.41) is 12.0. The number of carbonyl (C=O) groups is 3. The molecular formula is C21H16Cl2N2O6S. The van der Waals surface area contributed by atoms with Gasteiger partial charge in [0, 0.05) is 5.56 Å². The molecule has 0 aliphatic carbocycles. The molecule has 0 saturated carbocycles. The second kappa shape index (κ2) is 9.56. The molecule has 11 heteroatoms. The minimum absolute atomic E-state index is 0.0623. The molecule has 2 N–H and O–H groups in total. The smallest absolute Gasteiger partial charge is 0.344 e. The number of rotatable bonds is 6. The van der Waals surface area contributed by atoms with Crippen LogP contribution in [-0.4, -0.2) is 41.2 Å². The number of carbonyl (C=O) groups excluding carboxylic acids is 2. The first-order valence-corrected chi connectivity index (χ1v) is 10.2. The Morgan fingerprint density at radius 2 is 1.94 bits per heavy atom. The van der Waals surface area contributed by atoms with E-state index in [1.54, 1.807) is 18.2 Å². The van der Waals surface area contributed by atoms with Gasteiger partial charge in [-0.3, -0.25) is 19.8 Å². The van der Waals surface area contributed by atoms with Gasteiger partial charge < -0.3 is 14.6 Å². The largest absolute Gasteiger partial charge is 0.493 e. The van der Waals surface area contributed by atoms with Crippen LogP contribution >= 0.6 is 35.4 Å². The van der Waals surface area contributed by atoms with Crippen LogP contribution in [0.3, 0.4) is 0 Å². The summed E-state index contributed by atoms with van der Waals surface area (Å²) in [4.78, 5) is 38.2. The summed E-state index contributed by atoms with van der Waals surface area (Å²) in [6, 6.07) is 9.19. The van der Waals surface area contributed by atoms with E-state index < -0.39 is 23.9 Å². The van der Waals surface area contributed by atoms with Gasteiger partial charge in [0.1, 0.15) is 5.57 Å². The number of nitrogens with one attached hydrogen (secondary N) is 1. The van der Waals surface area contributed by atoms with Gasteiger partial charge in [-0.2, -0.15) is 0 Å². The minimum atomic E-state index is -1.21. The molecular weight excluding hydrogens is 479 g/mol. The summed E-state index contributed by atoms with van der Waals surface area (Å²) in [6.45, 7) is 1.34. The van der Waals surface area contributed by atoms with Crippen LogP contribution in [0, 0.1) is 0 Å². The van der Waals surface area contributed by atoms with E-state index in [-0.39, 0.29) is 37.8 Å². The molecule has 3 rings (SSSR count). The summed E-state index contributed by atoms with van der Waals surface area (Å²) in [5.41, 5.74) is 0.311. The fourth-order valence-corrected chi connectivity index (χ4v) is 3.41. The number of ether oxygens (including phenoxy) is 2. The molecule has 1 aliphatic heterocycles. The maximum absolute atomic E-state index is 13.2. The van der Waals surface area contributed by atoms with Crippen LogP contribution in [0.15, 0.2) is 42.0 Å². The van der Waals surface area contributed by atoms with Crippen molar-refractivity contribution in [2.45, 2.75) is 13.0 Å². The van der Waals surface area contributed by atoms with Crippen LogP contribution in [0.5, 0.6) is 11.5 Å². The Bertz CT molecular complexity index is 1170. The van der Waals surface area contributed by atoms with E-state index in [0.717, 1.165) is 4.90 Å². The molecule has 0 spiro atoms. The lowest BCUT2D eigenvalue weighted by molar-refractivity contribution is -0.144. The zero-order chi connectivity index (χ0) is 23.6. The Morgan fingerprint density at radius 1 is 1.22 bits per heavy atom. The first kappa shape index (κ1) is 23.5. The number of para-hydroxylation sites is 1. The van der Waals surface area contributed by atoms with Gasteiger partial charge in [-0.15, -0.1) is 0 Å². The van der Waals surface area contributed by atoms with Crippen LogP contribution in [-0.2, 0) is 14.4 Å².